The van der Waals surface area contributed by atoms with E-state index in [0.29, 0.717) is 18.4 Å². The largest absolute Gasteiger partial charge is 0.508 e. The van der Waals surface area contributed by atoms with Crippen LogP contribution in [0.25, 0.3) is 6.08 Å². The van der Waals surface area contributed by atoms with Crippen molar-refractivity contribution in [3.63, 3.8) is 0 Å². The van der Waals surface area contributed by atoms with Crippen LogP contribution in [0.2, 0.25) is 0 Å². The van der Waals surface area contributed by atoms with Crippen molar-refractivity contribution >= 4 is 6.08 Å². The van der Waals surface area contributed by atoms with Crippen molar-refractivity contribution < 1.29 is 15.3 Å². The highest BCUT2D eigenvalue weighted by molar-refractivity contribution is 5.56. The van der Waals surface area contributed by atoms with Crippen molar-refractivity contribution in [2.45, 2.75) is 18.9 Å². The fourth-order valence-electron chi connectivity index (χ4n) is 1.97. The van der Waals surface area contributed by atoms with Gasteiger partial charge in [0.15, 0.2) is 0 Å². The first kappa shape index (κ1) is 14.2. The zero-order valence-corrected chi connectivity index (χ0v) is 11.1. The lowest BCUT2D eigenvalue weighted by molar-refractivity contribution is 0.213. The van der Waals surface area contributed by atoms with Crippen LogP contribution in [0.15, 0.2) is 54.6 Å². The molecule has 0 aliphatic heterocycles. The molecule has 0 spiro atoms. The van der Waals surface area contributed by atoms with Crippen LogP contribution in [-0.4, -0.2) is 21.4 Å². The Hall–Kier alpha value is -2.26. The maximum absolute atomic E-state index is 9.90. The topological polar surface area (TPSA) is 60.7 Å². The maximum atomic E-state index is 9.90. The Morgan fingerprint density at radius 3 is 2.25 bits per heavy atom. The minimum atomic E-state index is -0.616. The summed E-state index contributed by atoms with van der Waals surface area (Å²) < 4.78 is 0. The minimum absolute atomic E-state index is 0.191. The first-order valence-electron chi connectivity index (χ1n) is 6.58. The normalized spacial score (nSPS) is 12.7. The number of aliphatic hydroxyl groups is 1. The molecule has 0 aliphatic carbocycles. The molecule has 2 rings (SSSR count). The van der Waals surface area contributed by atoms with Crippen LogP contribution in [0.3, 0.4) is 0 Å². The minimum Gasteiger partial charge on any atom is -0.508 e. The molecule has 2 aromatic rings. The van der Waals surface area contributed by atoms with Crippen molar-refractivity contribution in [1.82, 2.24) is 0 Å². The number of phenolic OH excluding ortho intramolecular Hbond substituents is 2. The average Bonchev–Trinajstić information content (AvgIpc) is 2.45. The molecule has 3 N–H and O–H groups in total. The lowest BCUT2D eigenvalue weighted by Crippen LogP contribution is -2.03. The first-order chi connectivity index (χ1) is 9.66. The molecule has 0 radical (unpaired) electrons. The predicted molar refractivity (Wildman–Crippen MR) is 79.6 cm³/mol. The highest BCUT2D eigenvalue weighted by Gasteiger charge is 2.04. The average molecular weight is 270 g/mol. The van der Waals surface area contributed by atoms with Gasteiger partial charge >= 0.3 is 0 Å². The van der Waals surface area contributed by atoms with Gasteiger partial charge in [-0.2, -0.15) is 0 Å². The number of rotatable bonds is 5. The summed E-state index contributed by atoms with van der Waals surface area (Å²) in [5.41, 5.74) is 1.50. The van der Waals surface area contributed by atoms with Gasteiger partial charge in [-0.3, -0.25) is 0 Å². The molecule has 3 nitrogen and oxygen atoms in total. The third kappa shape index (κ3) is 3.87. The molecule has 1 unspecified atom stereocenters. The fraction of sp³-hybridized carbons (Fsp3) is 0.176. The number of hydrogen-bond acceptors (Lipinski definition) is 3. The van der Waals surface area contributed by atoms with Crippen LogP contribution in [0.5, 0.6) is 11.5 Å². The molecule has 0 fully saturated rings. The smallest absolute Gasteiger partial charge is 0.122 e. The second-order valence-corrected chi connectivity index (χ2v) is 4.65. The molecule has 0 aromatic heterocycles. The van der Waals surface area contributed by atoms with Crippen LogP contribution in [0.4, 0.5) is 0 Å². The Labute approximate surface area is 118 Å². The molecule has 0 aliphatic rings. The number of hydrogen-bond donors (Lipinski definition) is 3. The lowest BCUT2D eigenvalue weighted by atomic mass is 10.0. The summed E-state index contributed by atoms with van der Waals surface area (Å²) in [7, 11) is 0. The number of aromatic hydroxyl groups is 2. The lowest BCUT2D eigenvalue weighted by Gasteiger charge is -2.07. The molecular formula is C17H18O3. The molecule has 0 saturated carbocycles. The van der Waals surface area contributed by atoms with Gasteiger partial charge in [0.2, 0.25) is 0 Å². The third-order valence-corrected chi connectivity index (χ3v) is 3.14. The van der Waals surface area contributed by atoms with Gasteiger partial charge in [-0.25, -0.2) is 0 Å². The van der Waals surface area contributed by atoms with E-state index in [1.807, 2.05) is 18.2 Å². The summed E-state index contributed by atoms with van der Waals surface area (Å²) in [6, 6.07) is 14.1. The van der Waals surface area contributed by atoms with Crippen molar-refractivity contribution in [2.75, 3.05) is 0 Å². The van der Waals surface area contributed by atoms with E-state index in [2.05, 4.69) is 0 Å². The van der Waals surface area contributed by atoms with Crippen molar-refractivity contribution in [2.24, 2.45) is 0 Å². The predicted octanol–water partition coefficient (Wildman–Crippen LogP) is 3.10. The summed E-state index contributed by atoms with van der Waals surface area (Å²) in [6.45, 7) is 0. The van der Waals surface area contributed by atoms with Crippen LogP contribution in [0, 0.1) is 0 Å². The molecule has 2 aromatic carbocycles. The Bertz CT molecular complexity index is 590. The number of aryl methyl sites for hydroxylation is 1. The van der Waals surface area contributed by atoms with E-state index in [9.17, 15) is 15.3 Å². The van der Waals surface area contributed by atoms with E-state index in [1.165, 1.54) is 0 Å². The molecule has 0 amide bonds. The van der Waals surface area contributed by atoms with Crippen LogP contribution in [0.1, 0.15) is 17.5 Å². The van der Waals surface area contributed by atoms with Gasteiger partial charge in [0.1, 0.15) is 11.5 Å². The van der Waals surface area contributed by atoms with E-state index < -0.39 is 6.10 Å². The molecule has 0 heterocycles. The van der Waals surface area contributed by atoms with Crippen molar-refractivity contribution in [1.29, 1.82) is 0 Å². The Morgan fingerprint density at radius 1 is 0.900 bits per heavy atom. The van der Waals surface area contributed by atoms with E-state index in [0.717, 1.165) is 5.56 Å². The van der Waals surface area contributed by atoms with E-state index in [-0.39, 0.29) is 11.5 Å². The molecule has 1 atom stereocenters. The van der Waals surface area contributed by atoms with Gasteiger partial charge in [-0.1, -0.05) is 48.6 Å². The summed E-state index contributed by atoms with van der Waals surface area (Å²) >= 11 is 0. The summed E-state index contributed by atoms with van der Waals surface area (Å²) in [5, 5.41) is 29.1. The molecule has 104 valence electrons. The molecule has 0 bridgehead atoms. The Balaban J connectivity index is 1.92. The van der Waals surface area contributed by atoms with Crippen LogP contribution >= 0.6 is 0 Å². The van der Waals surface area contributed by atoms with Gasteiger partial charge in [0.25, 0.3) is 0 Å². The van der Waals surface area contributed by atoms with Gasteiger partial charge in [-0.05, 0) is 30.5 Å². The number of phenols is 2. The number of para-hydroxylation sites is 2. The molecule has 20 heavy (non-hydrogen) atoms. The first-order valence-corrected chi connectivity index (χ1v) is 6.58. The fourth-order valence-corrected chi connectivity index (χ4v) is 1.97. The van der Waals surface area contributed by atoms with Crippen LogP contribution in [-0.2, 0) is 6.42 Å². The van der Waals surface area contributed by atoms with Crippen molar-refractivity contribution in [3.05, 3.63) is 65.7 Å². The Morgan fingerprint density at radius 2 is 1.55 bits per heavy atom. The monoisotopic (exact) mass is 270 g/mol. The molecule has 0 saturated heterocycles. The van der Waals surface area contributed by atoms with Crippen LogP contribution < -0.4 is 0 Å². The van der Waals surface area contributed by atoms with Gasteiger partial charge < -0.3 is 15.3 Å². The quantitative estimate of drug-likeness (QED) is 0.782. The second kappa shape index (κ2) is 6.78. The standard InChI is InChI=1S/C17H18O3/c18-15(11-9-13-5-1-3-7-16(13)19)12-10-14-6-2-4-8-17(14)20/h1-9,11,15,18-20H,10,12H2. The summed E-state index contributed by atoms with van der Waals surface area (Å²) in [6.07, 6.45) is 3.84. The summed E-state index contributed by atoms with van der Waals surface area (Å²) in [4.78, 5) is 0. The van der Waals surface area contributed by atoms with E-state index in [4.69, 9.17) is 0 Å². The van der Waals surface area contributed by atoms with Crippen molar-refractivity contribution in [3.8, 4) is 11.5 Å². The van der Waals surface area contributed by atoms with Gasteiger partial charge in [0.05, 0.1) is 6.10 Å². The second-order valence-electron chi connectivity index (χ2n) is 4.65. The zero-order chi connectivity index (χ0) is 14.4. The zero-order valence-electron chi connectivity index (χ0n) is 11.1. The summed E-state index contributed by atoms with van der Waals surface area (Å²) in [5.74, 6) is 0.445. The van der Waals surface area contributed by atoms with E-state index in [1.54, 1.807) is 42.5 Å². The van der Waals surface area contributed by atoms with Gasteiger partial charge in [-0.15, -0.1) is 0 Å². The number of aliphatic hydroxyl groups excluding tert-OH is 1. The SMILES string of the molecule is Oc1ccccc1C=CC(O)CCc1ccccc1O. The van der Waals surface area contributed by atoms with E-state index >= 15 is 0 Å². The maximum Gasteiger partial charge on any atom is 0.122 e. The Kier molecular flexibility index (Phi) is 4.80. The molecular weight excluding hydrogens is 252 g/mol. The highest BCUT2D eigenvalue weighted by atomic mass is 16.3. The number of benzene rings is 2. The highest BCUT2D eigenvalue weighted by Crippen LogP contribution is 2.20. The third-order valence-electron chi connectivity index (χ3n) is 3.14. The van der Waals surface area contributed by atoms with Gasteiger partial charge in [0, 0.05) is 5.56 Å². The molecule has 3 heteroatoms.